The van der Waals surface area contributed by atoms with Crippen molar-refractivity contribution in [3.63, 3.8) is 0 Å². The summed E-state index contributed by atoms with van der Waals surface area (Å²) in [6, 6.07) is 3.60. The van der Waals surface area contributed by atoms with Crippen LogP contribution in [-0.4, -0.2) is 13.8 Å². The van der Waals surface area contributed by atoms with Crippen molar-refractivity contribution in [1.82, 2.24) is 0 Å². The first-order valence-electron chi connectivity index (χ1n) is 4.34. The van der Waals surface area contributed by atoms with Gasteiger partial charge < -0.3 is 10.5 Å². The third-order valence-electron chi connectivity index (χ3n) is 2.02. The second kappa shape index (κ2) is 6.58. The molecule has 0 aliphatic heterocycles. The quantitative estimate of drug-likeness (QED) is 0.874. The number of hydrogen-bond acceptors (Lipinski definition) is 2. The summed E-state index contributed by atoms with van der Waals surface area (Å²) >= 11 is 0. The molecule has 0 saturated heterocycles. The van der Waals surface area contributed by atoms with Gasteiger partial charge in [-0.05, 0) is 12.5 Å². The van der Waals surface area contributed by atoms with Crippen LogP contribution in [0.5, 0.6) is 5.75 Å². The molecule has 0 spiro atoms. The molecule has 0 saturated carbocycles. The Hall–Kier alpha value is -0.870. The molecule has 0 amide bonds. The molecule has 0 aliphatic rings. The molecule has 1 aromatic rings. The third kappa shape index (κ3) is 3.64. The van der Waals surface area contributed by atoms with Gasteiger partial charge in [0.25, 0.3) is 0 Å². The zero-order valence-corrected chi connectivity index (χ0v) is 9.19. The molecule has 5 heteroatoms. The normalized spacial score (nSPS) is 11.7. The number of hydrogen-bond donors (Lipinski definition) is 1. The second-order valence-electron chi connectivity index (χ2n) is 2.97. The Bertz CT molecular complexity index is 309. The third-order valence-corrected chi connectivity index (χ3v) is 2.02. The molecule has 15 heavy (non-hydrogen) atoms. The number of ether oxygens (including phenoxy) is 1. The van der Waals surface area contributed by atoms with Gasteiger partial charge in [-0.3, -0.25) is 4.39 Å². The van der Waals surface area contributed by atoms with E-state index in [0.29, 0.717) is 11.3 Å². The Balaban J connectivity index is 0.00000196. The first kappa shape index (κ1) is 14.1. The maximum Gasteiger partial charge on any atom is 0.126 e. The zero-order valence-electron chi connectivity index (χ0n) is 8.37. The predicted molar refractivity (Wildman–Crippen MR) is 57.7 cm³/mol. The van der Waals surface area contributed by atoms with E-state index < -0.39 is 18.5 Å². The van der Waals surface area contributed by atoms with Crippen LogP contribution >= 0.6 is 12.4 Å². The summed E-state index contributed by atoms with van der Waals surface area (Å²) in [5, 5.41) is 0. The van der Waals surface area contributed by atoms with Crippen molar-refractivity contribution in [3.05, 3.63) is 29.6 Å². The summed E-state index contributed by atoms with van der Waals surface area (Å²) in [5.74, 6) is -0.0241. The Morgan fingerprint density at radius 2 is 2.13 bits per heavy atom. The van der Waals surface area contributed by atoms with Gasteiger partial charge in [-0.1, -0.05) is 6.07 Å². The molecular weight excluding hydrogens is 224 g/mol. The smallest absolute Gasteiger partial charge is 0.126 e. The number of alkyl halides is 1. The van der Waals surface area contributed by atoms with Gasteiger partial charge in [0.15, 0.2) is 0 Å². The monoisotopic (exact) mass is 237 g/mol. The van der Waals surface area contributed by atoms with Crippen molar-refractivity contribution in [1.29, 1.82) is 0 Å². The van der Waals surface area contributed by atoms with Gasteiger partial charge in [0.05, 0.1) is 13.8 Å². The highest BCUT2D eigenvalue weighted by Crippen LogP contribution is 2.26. The van der Waals surface area contributed by atoms with Crippen LogP contribution in [0.4, 0.5) is 8.78 Å². The molecule has 2 nitrogen and oxygen atoms in total. The first-order valence-corrected chi connectivity index (χ1v) is 4.34. The van der Waals surface area contributed by atoms with Crippen LogP contribution in [0.2, 0.25) is 0 Å². The lowest BCUT2D eigenvalue weighted by atomic mass is 10.0. The van der Waals surface area contributed by atoms with Gasteiger partial charge in [-0.2, -0.15) is 0 Å². The fourth-order valence-corrected chi connectivity index (χ4v) is 1.26. The molecule has 1 atom stereocenters. The lowest BCUT2D eigenvalue weighted by Gasteiger charge is -2.14. The van der Waals surface area contributed by atoms with Gasteiger partial charge in [-0.15, -0.1) is 12.4 Å². The van der Waals surface area contributed by atoms with E-state index in [9.17, 15) is 8.78 Å². The van der Waals surface area contributed by atoms with E-state index in [-0.39, 0.29) is 18.8 Å². The Labute approximate surface area is 93.8 Å². The summed E-state index contributed by atoms with van der Waals surface area (Å²) in [7, 11) is 1.43. The predicted octanol–water partition coefficient (Wildman–Crippen LogP) is 2.62. The van der Waals surface area contributed by atoms with E-state index in [1.807, 2.05) is 0 Å². The number of benzene rings is 1. The molecule has 2 N–H and O–H groups in total. The molecule has 0 radical (unpaired) electrons. The minimum absolute atomic E-state index is 0. The number of nitrogens with two attached hydrogens (primary N) is 1. The van der Waals surface area contributed by atoms with Gasteiger partial charge >= 0.3 is 0 Å². The van der Waals surface area contributed by atoms with Crippen LogP contribution in [0.25, 0.3) is 0 Å². The second-order valence-corrected chi connectivity index (χ2v) is 2.97. The SMILES string of the molecule is COc1cc(F)ccc1[C@H](N)CCF.Cl. The molecule has 0 unspecified atom stereocenters. The van der Waals surface area contributed by atoms with Gasteiger partial charge in [0.2, 0.25) is 0 Å². The van der Waals surface area contributed by atoms with Crippen LogP contribution < -0.4 is 10.5 Å². The molecule has 86 valence electrons. The summed E-state index contributed by atoms with van der Waals surface area (Å²) in [5.41, 5.74) is 6.32. The summed E-state index contributed by atoms with van der Waals surface area (Å²) in [6.45, 7) is -0.498. The topological polar surface area (TPSA) is 35.2 Å². The number of halogens is 3. The van der Waals surface area contributed by atoms with Crippen LogP contribution in [0, 0.1) is 5.82 Å². The minimum atomic E-state index is -0.498. The lowest BCUT2D eigenvalue weighted by molar-refractivity contribution is 0.392. The van der Waals surface area contributed by atoms with Crippen LogP contribution in [-0.2, 0) is 0 Å². The summed E-state index contributed by atoms with van der Waals surface area (Å²) in [6.07, 6.45) is 0.210. The maximum atomic E-state index is 12.8. The first-order chi connectivity index (χ1) is 6.69. The van der Waals surface area contributed by atoms with E-state index >= 15 is 0 Å². The van der Waals surface area contributed by atoms with Crippen molar-refractivity contribution in [2.45, 2.75) is 12.5 Å². The standard InChI is InChI=1S/C10H13F2NO.ClH/c1-14-10-6-7(12)2-3-8(10)9(13)4-5-11;/h2-3,6,9H,4-5,13H2,1H3;1H/t9-;/m1./s1. The zero-order chi connectivity index (χ0) is 10.6. The summed E-state index contributed by atoms with van der Waals surface area (Å²) in [4.78, 5) is 0. The fourth-order valence-electron chi connectivity index (χ4n) is 1.26. The molecule has 1 rings (SSSR count). The van der Waals surface area contributed by atoms with Crippen LogP contribution in [0.15, 0.2) is 18.2 Å². The minimum Gasteiger partial charge on any atom is -0.496 e. The van der Waals surface area contributed by atoms with Crippen molar-refractivity contribution in [3.8, 4) is 5.75 Å². The van der Waals surface area contributed by atoms with Crippen LogP contribution in [0.1, 0.15) is 18.0 Å². The van der Waals surface area contributed by atoms with Gasteiger partial charge in [0, 0.05) is 17.7 Å². The van der Waals surface area contributed by atoms with E-state index in [0.717, 1.165) is 0 Å². The maximum absolute atomic E-state index is 12.8. The molecule has 0 fully saturated rings. The molecule has 0 heterocycles. The highest BCUT2D eigenvalue weighted by molar-refractivity contribution is 5.85. The van der Waals surface area contributed by atoms with E-state index in [2.05, 4.69) is 0 Å². The van der Waals surface area contributed by atoms with Crippen molar-refractivity contribution < 1.29 is 13.5 Å². The fraction of sp³-hybridized carbons (Fsp3) is 0.400. The molecular formula is C10H14ClF2NO. The molecule has 1 aromatic carbocycles. The number of rotatable bonds is 4. The van der Waals surface area contributed by atoms with E-state index in [4.69, 9.17) is 10.5 Å². The molecule has 0 aromatic heterocycles. The Morgan fingerprint density at radius 1 is 1.47 bits per heavy atom. The average molecular weight is 238 g/mol. The van der Waals surface area contributed by atoms with Crippen molar-refractivity contribution in [2.75, 3.05) is 13.8 Å². The molecule has 0 aliphatic carbocycles. The van der Waals surface area contributed by atoms with Crippen LogP contribution in [0.3, 0.4) is 0 Å². The highest BCUT2D eigenvalue weighted by atomic mass is 35.5. The Kier molecular flexibility index (Phi) is 6.20. The summed E-state index contributed by atoms with van der Waals surface area (Å²) < 4.78 is 29.8. The van der Waals surface area contributed by atoms with E-state index in [1.165, 1.54) is 25.3 Å². The van der Waals surface area contributed by atoms with E-state index in [1.54, 1.807) is 0 Å². The lowest BCUT2D eigenvalue weighted by Crippen LogP contribution is -2.12. The Morgan fingerprint density at radius 3 is 2.67 bits per heavy atom. The van der Waals surface area contributed by atoms with Gasteiger partial charge in [-0.25, -0.2) is 4.39 Å². The molecule has 0 bridgehead atoms. The highest BCUT2D eigenvalue weighted by Gasteiger charge is 2.12. The average Bonchev–Trinajstić information content (AvgIpc) is 2.17. The van der Waals surface area contributed by atoms with Crippen molar-refractivity contribution in [2.24, 2.45) is 5.73 Å². The van der Waals surface area contributed by atoms with Crippen molar-refractivity contribution >= 4 is 12.4 Å². The van der Waals surface area contributed by atoms with Gasteiger partial charge in [0.1, 0.15) is 11.6 Å². The number of methoxy groups -OCH3 is 1. The largest absolute Gasteiger partial charge is 0.496 e.